The number of primary amides is 1. The molecule has 0 bridgehead atoms. The van der Waals surface area contributed by atoms with Crippen molar-refractivity contribution in [3.05, 3.63) is 29.8 Å². The van der Waals surface area contributed by atoms with Gasteiger partial charge in [0.2, 0.25) is 11.8 Å². The summed E-state index contributed by atoms with van der Waals surface area (Å²) < 4.78 is 5.03. The SMILES string of the molecule is CC(=O)N[C@H](C(=O)C[C@@H](CCCNC(N)=O)C(=O)Nc1ccc(COC(=O)NCCC(C)(C)S)cc1)C(C)C. The van der Waals surface area contributed by atoms with Crippen molar-refractivity contribution in [2.75, 3.05) is 18.4 Å². The number of rotatable bonds is 16. The molecule has 5 amide bonds. The number of urea groups is 1. The predicted octanol–water partition coefficient (Wildman–Crippen LogP) is 3.13. The maximum atomic E-state index is 13.1. The third-order valence-corrected chi connectivity index (χ3v) is 6.04. The second-order valence-electron chi connectivity index (χ2n) is 10.5. The molecule has 1 rings (SSSR count). The minimum atomic E-state index is -0.706. The van der Waals surface area contributed by atoms with Crippen LogP contribution >= 0.6 is 12.6 Å². The zero-order valence-corrected chi connectivity index (χ0v) is 24.4. The summed E-state index contributed by atoms with van der Waals surface area (Å²) in [5, 5.41) is 10.6. The van der Waals surface area contributed by atoms with E-state index in [-0.39, 0.29) is 47.8 Å². The number of amides is 5. The van der Waals surface area contributed by atoms with E-state index in [9.17, 15) is 24.0 Å². The van der Waals surface area contributed by atoms with Crippen LogP contribution in [0.4, 0.5) is 15.3 Å². The molecule has 0 saturated heterocycles. The average Bonchev–Trinajstić information content (AvgIpc) is 2.82. The fourth-order valence-corrected chi connectivity index (χ4v) is 3.80. The third kappa shape index (κ3) is 15.0. The van der Waals surface area contributed by atoms with E-state index in [1.807, 2.05) is 27.7 Å². The standard InChI is InChI=1S/C27H43N5O6S/c1-17(2)23(31-18(3)33)22(34)15-20(7-6-13-29-25(28)36)24(35)32-21-10-8-19(9-11-21)16-38-26(37)30-14-12-27(4,5)39/h8-11,17,20,23,39H,6-7,12-16H2,1-5H3,(H,30,37)(H,31,33)(H,32,35)(H3,28,29,36)/t20-,23+/m1/s1. The van der Waals surface area contributed by atoms with Crippen molar-refractivity contribution >= 4 is 48.0 Å². The summed E-state index contributed by atoms with van der Waals surface area (Å²) in [4.78, 5) is 60.5. The van der Waals surface area contributed by atoms with Crippen molar-refractivity contribution < 1.29 is 28.7 Å². The zero-order chi connectivity index (χ0) is 29.6. The lowest BCUT2D eigenvalue weighted by atomic mass is 9.89. The fourth-order valence-electron chi connectivity index (χ4n) is 3.69. The quantitative estimate of drug-likeness (QED) is 0.133. The molecule has 0 radical (unpaired) electrons. The van der Waals surface area contributed by atoms with Crippen LogP contribution in [-0.2, 0) is 25.7 Å². The number of anilines is 1. The Kier molecular flexibility index (Phi) is 14.4. The van der Waals surface area contributed by atoms with Crippen LogP contribution in [0.1, 0.15) is 65.9 Å². The van der Waals surface area contributed by atoms with Crippen LogP contribution in [-0.4, -0.2) is 53.6 Å². The fraction of sp³-hybridized carbons (Fsp3) is 0.593. The molecule has 6 N–H and O–H groups in total. The Labute approximate surface area is 236 Å². The first kappa shape index (κ1) is 33.7. The first-order valence-corrected chi connectivity index (χ1v) is 13.5. The highest BCUT2D eigenvalue weighted by molar-refractivity contribution is 7.81. The van der Waals surface area contributed by atoms with Gasteiger partial charge in [-0.25, -0.2) is 9.59 Å². The first-order valence-electron chi connectivity index (χ1n) is 13.0. The molecule has 0 aliphatic carbocycles. The lowest BCUT2D eigenvalue weighted by Gasteiger charge is -2.23. The zero-order valence-electron chi connectivity index (χ0n) is 23.5. The van der Waals surface area contributed by atoms with Gasteiger partial charge >= 0.3 is 12.1 Å². The Hall–Kier alpha value is -3.28. The Balaban J connectivity index is 2.76. The molecule has 2 atom stereocenters. The number of hydrogen-bond acceptors (Lipinski definition) is 7. The number of thiol groups is 1. The van der Waals surface area contributed by atoms with E-state index >= 15 is 0 Å². The molecule has 0 saturated carbocycles. The van der Waals surface area contributed by atoms with Gasteiger partial charge in [0, 0.05) is 42.8 Å². The Bertz CT molecular complexity index is 978. The topological polar surface area (TPSA) is 169 Å². The summed E-state index contributed by atoms with van der Waals surface area (Å²) in [6.45, 7) is 9.68. The van der Waals surface area contributed by atoms with Crippen molar-refractivity contribution in [2.24, 2.45) is 17.6 Å². The van der Waals surface area contributed by atoms with E-state index in [2.05, 4.69) is 33.9 Å². The van der Waals surface area contributed by atoms with Gasteiger partial charge in [0.15, 0.2) is 5.78 Å². The number of benzene rings is 1. The van der Waals surface area contributed by atoms with Gasteiger partial charge in [-0.05, 0) is 42.9 Å². The number of ketones is 1. The molecule has 39 heavy (non-hydrogen) atoms. The van der Waals surface area contributed by atoms with Crippen LogP contribution in [0.15, 0.2) is 24.3 Å². The van der Waals surface area contributed by atoms with E-state index < -0.39 is 24.1 Å². The molecular weight excluding hydrogens is 522 g/mol. The van der Waals surface area contributed by atoms with Crippen molar-refractivity contribution in [3.8, 4) is 0 Å². The number of alkyl carbamates (subject to hydrolysis) is 1. The normalized spacial score (nSPS) is 12.7. The maximum absolute atomic E-state index is 13.1. The van der Waals surface area contributed by atoms with Gasteiger partial charge in [0.05, 0.1) is 6.04 Å². The van der Waals surface area contributed by atoms with Crippen LogP contribution in [0.2, 0.25) is 0 Å². The van der Waals surface area contributed by atoms with E-state index in [1.54, 1.807) is 24.3 Å². The third-order valence-electron chi connectivity index (χ3n) is 5.82. The van der Waals surface area contributed by atoms with E-state index in [4.69, 9.17) is 10.5 Å². The van der Waals surface area contributed by atoms with Crippen LogP contribution in [0, 0.1) is 11.8 Å². The highest BCUT2D eigenvalue weighted by Crippen LogP contribution is 2.20. The monoisotopic (exact) mass is 565 g/mol. The van der Waals surface area contributed by atoms with Gasteiger partial charge in [-0.2, -0.15) is 12.6 Å². The van der Waals surface area contributed by atoms with Gasteiger partial charge in [-0.3, -0.25) is 14.4 Å². The summed E-state index contributed by atoms with van der Waals surface area (Å²) >= 11 is 4.41. The van der Waals surface area contributed by atoms with Crippen LogP contribution in [0.25, 0.3) is 0 Å². The van der Waals surface area contributed by atoms with Crippen LogP contribution in [0.5, 0.6) is 0 Å². The number of ether oxygens (including phenoxy) is 1. The van der Waals surface area contributed by atoms with Gasteiger partial charge < -0.3 is 31.7 Å². The van der Waals surface area contributed by atoms with E-state index in [0.717, 1.165) is 5.56 Å². The summed E-state index contributed by atoms with van der Waals surface area (Å²) in [6.07, 6.45) is 0.858. The second kappa shape index (κ2) is 16.6. The average molecular weight is 566 g/mol. The lowest BCUT2D eigenvalue weighted by Crippen LogP contribution is -2.44. The first-order chi connectivity index (χ1) is 18.2. The van der Waals surface area contributed by atoms with Gasteiger partial charge in [-0.15, -0.1) is 0 Å². The van der Waals surface area contributed by atoms with E-state index in [0.29, 0.717) is 31.5 Å². The molecular formula is C27H43N5O6S. The van der Waals surface area contributed by atoms with E-state index in [1.165, 1.54) is 6.92 Å². The van der Waals surface area contributed by atoms with Gasteiger partial charge in [-0.1, -0.05) is 39.8 Å². The minimum absolute atomic E-state index is 0.0635. The Morgan fingerprint density at radius 1 is 1.03 bits per heavy atom. The van der Waals surface area contributed by atoms with Crippen molar-refractivity contribution in [3.63, 3.8) is 0 Å². The largest absolute Gasteiger partial charge is 0.445 e. The second-order valence-corrected chi connectivity index (χ2v) is 11.7. The highest BCUT2D eigenvalue weighted by atomic mass is 32.1. The Morgan fingerprint density at radius 3 is 2.21 bits per heavy atom. The molecule has 0 spiro atoms. The maximum Gasteiger partial charge on any atom is 0.407 e. The molecule has 0 aromatic heterocycles. The summed E-state index contributed by atoms with van der Waals surface area (Å²) in [5.41, 5.74) is 6.35. The van der Waals surface area contributed by atoms with Gasteiger partial charge in [0.1, 0.15) is 6.61 Å². The van der Waals surface area contributed by atoms with Crippen molar-refractivity contribution in [2.45, 2.75) is 77.7 Å². The number of nitrogens with two attached hydrogens (primary N) is 1. The summed E-state index contributed by atoms with van der Waals surface area (Å²) in [7, 11) is 0. The lowest BCUT2D eigenvalue weighted by molar-refractivity contribution is -0.130. The smallest absolute Gasteiger partial charge is 0.407 e. The molecule has 0 unspecified atom stereocenters. The Morgan fingerprint density at radius 2 is 1.67 bits per heavy atom. The molecule has 11 nitrogen and oxygen atoms in total. The molecule has 218 valence electrons. The summed E-state index contributed by atoms with van der Waals surface area (Å²) in [5.74, 6) is -1.75. The molecule has 0 fully saturated rings. The highest BCUT2D eigenvalue weighted by Gasteiger charge is 2.29. The van der Waals surface area contributed by atoms with Crippen LogP contribution in [0.3, 0.4) is 0 Å². The minimum Gasteiger partial charge on any atom is -0.445 e. The van der Waals surface area contributed by atoms with Crippen molar-refractivity contribution in [1.29, 1.82) is 0 Å². The number of nitrogens with one attached hydrogen (secondary N) is 4. The van der Waals surface area contributed by atoms with Crippen LogP contribution < -0.4 is 27.0 Å². The molecule has 0 aliphatic heterocycles. The summed E-state index contributed by atoms with van der Waals surface area (Å²) in [6, 6.07) is 5.44. The molecule has 1 aromatic carbocycles. The molecule has 1 aromatic rings. The number of hydrogen-bond donors (Lipinski definition) is 6. The molecule has 0 heterocycles. The number of carbonyl (C=O) groups excluding carboxylic acids is 5. The predicted molar refractivity (Wildman–Crippen MR) is 153 cm³/mol. The van der Waals surface area contributed by atoms with Gasteiger partial charge in [0.25, 0.3) is 0 Å². The number of Topliss-reactive ketones (excluding diaryl/α,β-unsaturated/α-hetero) is 1. The number of carbonyl (C=O) groups is 5. The molecule has 0 aliphatic rings. The molecule has 12 heteroatoms. The van der Waals surface area contributed by atoms with Crippen molar-refractivity contribution in [1.82, 2.24) is 16.0 Å².